The SMILES string of the molecule is CCCCN(C)CC1=IC[C@H](C)CC1. The van der Waals surface area contributed by atoms with E-state index in [0.29, 0.717) is 20.7 Å². The van der Waals surface area contributed by atoms with Gasteiger partial charge in [-0.25, -0.2) is 0 Å². The van der Waals surface area contributed by atoms with E-state index in [2.05, 4.69) is 25.8 Å². The van der Waals surface area contributed by atoms with Crippen LogP contribution in [-0.4, -0.2) is 33.0 Å². The van der Waals surface area contributed by atoms with Crippen molar-refractivity contribution >= 4 is 24.2 Å². The molecule has 0 aromatic carbocycles. The van der Waals surface area contributed by atoms with Crippen LogP contribution in [0.2, 0.25) is 0 Å². The summed E-state index contributed by atoms with van der Waals surface area (Å²) in [4.78, 5) is 2.52. The molecule has 0 saturated carbocycles. The lowest BCUT2D eigenvalue weighted by Crippen LogP contribution is -2.27. The Morgan fingerprint density at radius 3 is 2.86 bits per heavy atom. The van der Waals surface area contributed by atoms with Crippen LogP contribution < -0.4 is 0 Å². The average molecular weight is 309 g/mol. The standard InChI is InChI=1S/C12H24IN/c1-4-5-8-14(3)10-12-7-6-11(2)9-13-12/h11H,4-10H2,1-3H3/t11-/m1/s1. The molecule has 0 aromatic heterocycles. The van der Waals surface area contributed by atoms with Crippen molar-refractivity contribution in [3.05, 3.63) is 0 Å². The molecule has 1 atom stereocenters. The summed E-state index contributed by atoms with van der Waals surface area (Å²) in [7, 11) is 2.28. The highest BCUT2D eigenvalue weighted by atomic mass is 127. The molecule has 1 aliphatic rings. The maximum Gasteiger partial charge on any atom is 0.0243 e. The maximum absolute atomic E-state index is 2.52. The van der Waals surface area contributed by atoms with Gasteiger partial charge in [0.2, 0.25) is 0 Å². The van der Waals surface area contributed by atoms with Crippen molar-refractivity contribution in [2.75, 3.05) is 24.6 Å². The Kier molecular flexibility index (Phi) is 6.26. The van der Waals surface area contributed by atoms with E-state index in [4.69, 9.17) is 0 Å². The first kappa shape index (κ1) is 12.6. The molecule has 0 bridgehead atoms. The molecule has 0 aromatic rings. The van der Waals surface area contributed by atoms with Gasteiger partial charge in [0.1, 0.15) is 0 Å². The van der Waals surface area contributed by atoms with Crippen LogP contribution in [0.1, 0.15) is 39.5 Å². The number of rotatable bonds is 5. The number of hydrogen-bond acceptors (Lipinski definition) is 1. The van der Waals surface area contributed by atoms with Crippen LogP contribution in [-0.2, 0) is 0 Å². The summed E-state index contributed by atoms with van der Waals surface area (Å²) in [5, 5.41) is 0. The van der Waals surface area contributed by atoms with Gasteiger partial charge in [0, 0.05) is 6.54 Å². The van der Waals surface area contributed by atoms with Crippen LogP contribution in [0.15, 0.2) is 0 Å². The number of halogens is 1. The predicted octanol–water partition coefficient (Wildman–Crippen LogP) is 3.29. The second kappa shape index (κ2) is 6.94. The summed E-state index contributed by atoms with van der Waals surface area (Å²) >= 11 is 0.434. The molecule has 1 heterocycles. The fourth-order valence-electron chi connectivity index (χ4n) is 1.71. The molecular formula is C12H24IN. The van der Waals surface area contributed by atoms with E-state index < -0.39 is 0 Å². The van der Waals surface area contributed by atoms with E-state index in [-0.39, 0.29) is 0 Å². The summed E-state index contributed by atoms with van der Waals surface area (Å²) in [6.07, 6.45) is 5.58. The zero-order valence-electron chi connectivity index (χ0n) is 9.85. The second-order valence-electron chi connectivity index (χ2n) is 4.54. The Labute approximate surface area is 99.0 Å². The van der Waals surface area contributed by atoms with Gasteiger partial charge in [0.05, 0.1) is 0 Å². The lowest BCUT2D eigenvalue weighted by Gasteiger charge is -2.22. The Bertz CT molecular complexity index is 189. The summed E-state index contributed by atoms with van der Waals surface area (Å²) < 4.78 is 3.44. The van der Waals surface area contributed by atoms with Crippen molar-refractivity contribution < 1.29 is 0 Å². The average Bonchev–Trinajstić information content (AvgIpc) is 2.18. The van der Waals surface area contributed by atoms with E-state index in [1.54, 1.807) is 0 Å². The van der Waals surface area contributed by atoms with Gasteiger partial charge in [-0.2, -0.15) is 0 Å². The van der Waals surface area contributed by atoms with Gasteiger partial charge in [-0.1, -0.05) is 20.3 Å². The Hall–Kier alpha value is 0.560. The molecule has 0 unspecified atom stereocenters. The highest BCUT2D eigenvalue weighted by Gasteiger charge is 2.11. The number of unbranched alkanes of at least 4 members (excludes halogenated alkanes) is 1. The fraction of sp³-hybridized carbons (Fsp3) is 0.917. The van der Waals surface area contributed by atoms with Crippen LogP contribution in [0.5, 0.6) is 0 Å². The summed E-state index contributed by atoms with van der Waals surface area (Å²) in [6.45, 7) is 7.28. The second-order valence-corrected chi connectivity index (χ2v) is 7.71. The summed E-state index contributed by atoms with van der Waals surface area (Å²) in [6, 6.07) is 0. The van der Waals surface area contributed by atoms with Gasteiger partial charge in [0.15, 0.2) is 0 Å². The van der Waals surface area contributed by atoms with Crippen molar-refractivity contribution in [1.29, 1.82) is 0 Å². The Balaban J connectivity index is 2.23. The minimum Gasteiger partial charge on any atom is -0.302 e. The zero-order valence-corrected chi connectivity index (χ0v) is 12.0. The number of hydrogen-bond donors (Lipinski definition) is 0. The minimum absolute atomic E-state index is 0.434. The van der Waals surface area contributed by atoms with Gasteiger partial charge in [-0.15, -0.1) is 20.7 Å². The molecule has 14 heavy (non-hydrogen) atoms. The minimum atomic E-state index is 0.434. The molecule has 2 heteroatoms. The molecule has 0 fully saturated rings. The van der Waals surface area contributed by atoms with E-state index in [9.17, 15) is 0 Å². The van der Waals surface area contributed by atoms with E-state index in [1.807, 2.05) is 3.51 Å². The summed E-state index contributed by atoms with van der Waals surface area (Å²) in [5.74, 6) is 1.02. The van der Waals surface area contributed by atoms with Crippen molar-refractivity contribution in [1.82, 2.24) is 4.90 Å². The molecule has 0 spiro atoms. The monoisotopic (exact) mass is 309 g/mol. The fourth-order valence-corrected chi connectivity index (χ4v) is 5.04. The van der Waals surface area contributed by atoms with Crippen LogP contribution in [0, 0.1) is 5.92 Å². The first-order valence-electron chi connectivity index (χ1n) is 5.84. The highest BCUT2D eigenvalue weighted by molar-refractivity contribution is 14.2. The van der Waals surface area contributed by atoms with E-state index >= 15 is 0 Å². The Morgan fingerprint density at radius 1 is 1.50 bits per heavy atom. The van der Waals surface area contributed by atoms with Gasteiger partial charge in [0.25, 0.3) is 0 Å². The van der Waals surface area contributed by atoms with Crippen LogP contribution in [0.25, 0.3) is 0 Å². The van der Waals surface area contributed by atoms with E-state index in [0.717, 1.165) is 5.92 Å². The summed E-state index contributed by atoms with van der Waals surface area (Å²) in [5.41, 5.74) is 0. The zero-order chi connectivity index (χ0) is 10.4. The molecule has 1 nitrogen and oxygen atoms in total. The van der Waals surface area contributed by atoms with Crippen molar-refractivity contribution in [3.63, 3.8) is 0 Å². The third-order valence-electron chi connectivity index (χ3n) is 2.77. The normalized spacial score (nSPS) is 23.1. The Morgan fingerprint density at radius 2 is 2.29 bits per heavy atom. The number of nitrogens with zero attached hydrogens (tertiary/aromatic N) is 1. The largest absolute Gasteiger partial charge is 0.302 e. The van der Waals surface area contributed by atoms with Crippen LogP contribution in [0.3, 0.4) is 0 Å². The van der Waals surface area contributed by atoms with Crippen molar-refractivity contribution in [3.8, 4) is 0 Å². The van der Waals surface area contributed by atoms with Gasteiger partial charge in [-0.05, 0) is 46.7 Å². The molecular weight excluding hydrogens is 285 g/mol. The smallest absolute Gasteiger partial charge is 0.0243 e. The van der Waals surface area contributed by atoms with Crippen LogP contribution >= 0.6 is 20.7 Å². The lowest BCUT2D eigenvalue weighted by molar-refractivity contribution is 0.371. The van der Waals surface area contributed by atoms with Crippen molar-refractivity contribution in [2.45, 2.75) is 39.5 Å². The topological polar surface area (TPSA) is 3.24 Å². The number of alkyl halides is 1. The third-order valence-corrected chi connectivity index (χ3v) is 6.68. The third kappa shape index (κ3) is 4.87. The molecule has 0 radical (unpaired) electrons. The van der Waals surface area contributed by atoms with Crippen molar-refractivity contribution in [2.24, 2.45) is 5.92 Å². The predicted molar refractivity (Wildman–Crippen MR) is 74.7 cm³/mol. The molecule has 0 amide bonds. The molecule has 1 rings (SSSR count). The molecule has 84 valence electrons. The molecule has 1 aliphatic heterocycles. The lowest BCUT2D eigenvalue weighted by atomic mass is 10.1. The molecule has 0 aliphatic carbocycles. The van der Waals surface area contributed by atoms with Crippen LogP contribution in [0.4, 0.5) is 0 Å². The molecule has 0 saturated heterocycles. The first-order valence-corrected chi connectivity index (χ1v) is 8.45. The maximum atomic E-state index is 2.52. The highest BCUT2D eigenvalue weighted by Crippen LogP contribution is 2.22. The van der Waals surface area contributed by atoms with Gasteiger partial charge in [-0.3, -0.25) is 0 Å². The molecule has 0 N–H and O–H groups in total. The first-order chi connectivity index (χ1) is 6.72. The van der Waals surface area contributed by atoms with E-state index in [1.165, 1.54) is 43.2 Å². The van der Waals surface area contributed by atoms with Gasteiger partial charge < -0.3 is 4.90 Å². The quantitative estimate of drug-likeness (QED) is 0.556. The van der Waals surface area contributed by atoms with Gasteiger partial charge >= 0.3 is 0 Å².